The fraction of sp³-hybridized carbons (Fsp3) is 0.526. The zero-order valence-corrected chi connectivity index (χ0v) is 15.2. The van der Waals surface area contributed by atoms with E-state index in [4.69, 9.17) is 5.73 Å². The summed E-state index contributed by atoms with van der Waals surface area (Å²) < 4.78 is 0. The molecule has 1 fully saturated rings. The summed E-state index contributed by atoms with van der Waals surface area (Å²) in [5.41, 5.74) is 7.89. The van der Waals surface area contributed by atoms with Gasteiger partial charge in [-0.05, 0) is 45.0 Å². The van der Waals surface area contributed by atoms with Gasteiger partial charge in [0.05, 0.1) is 0 Å². The maximum Gasteiger partial charge on any atom is 0.255 e. The molecule has 1 atom stereocenters. The Bertz CT molecular complexity index is 719. The SMILES string of the molecule is CNCCCCCN1C(=O)CCC(N2Cc3c(N)cccc3C2=O)C1=O. The van der Waals surface area contributed by atoms with Crippen molar-refractivity contribution in [2.75, 3.05) is 25.9 Å². The van der Waals surface area contributed by atoms with Crippen molar-refractivity contribution < 1.29 is 14.4 Å². The van der Waals surface area contributed by atoms with Crippen molar-refractivity contribution in [2.24, 2.45) is 0 Å². The number of unbranched alkanes of at least 4 members (excludes halogenated alkanes) is 2. The number of anilines is 1. The van der Waals surface area contributed by atoms with Gasteiger partial charge in [-0.1, -0.05) is 12.5 Å². The van der Waals surface area contributed by atoms with Crippen LogP contribution in [0, 0.1) is 0 Å². The van der Waals surface area contributed by atoms with Crippen molar-refractivity contribution in [3.63, 3.8) is 0 Å². The molecule has 0 bridgehead atoms. The number of nitrogens with zero attached hydrogens (tertiary/aromatic N) is 2. The van der Waals surface area contributed by atoms with E-state index in [1.54, 1.807) is 23.1 Å². The van der Waals surface area contributed by atoms with Gasteiger partial charge in [0.15, 0.2) is 0 Å². The summed E-state index contributed by atoms with van der Waals surface area (Å²) >= 11 is 0. The first-order valence-electron chi connectivity index (χ1n) is 9.21. The van der Waals surface area contributed by atoms with Crippen molar-refractivity contribution in [3.05, 3.63) is 29.3 Å². The molecule has 1 aromatic rings. The summed E-state index contributed by atoms with van der Waals surface area (Å²) in [5, 5.41) is 3.08. The molecule has 7 nitrogen and oxygen atoms in total. The largest absolute Gasteiger partial charge is 0.398 e. The average molecular weight is 358 g/mol. The molecule has 3 N–H and O–H groups in total. The van der Waals surface area contributed by atoms with Gasteiger partial charge >= 0.3 is 0 Å². The van der Waals surface area contributed by atoms with Crippen LogP contribution >= 0.6 is 0 Å². The number of nitrogen functional groups attached to an aromatic ring is 1. The Hall–Kier alpha value is -2.41. The monoisotopic (exact) mass is 358 g/mol. The van der Waals surface area contributed by atoms with Crippen LogP contribution in [0.2, 0.25) is 0 Å². The Morgan fingerprint density at radius 2 is 2.00 bits per heavy atom. The van der Waals surface area contributed by atoms with Gasteiger partial charge in [-0.25, -0.2) is 0 Å². The number of imide groups is 1. The number of rotatable bonds is 7. The molecule has 1 aromatic carbocycles. The standard InChI is InChI=1S/C19H26N4O3/c1-21-10-3-2-4-11-22-17(24)9-8-16(19(22)26)23-12-14-13(18(23)25)6-5-7-15(14)20/h5-7,16,21H,2-4,8-12,20H2,1H3. The van der Waals surface area contributed by atoms with Crippen molar-refractivity contribution in [2.45, 2.75) is 44.7 Å². The molecule has 0 saturated carbocycles. The number of hydrogen-bond donors (Lipinski definition) is 2. The fourth-order valence-electron chi connectivity index (χ4n) is 3.72. The molecule has 3 rings (SSSR count). The van der Waals surface area contributed by atoms with Gasteiger partial charge in [0.1, 0.15) is 6.04 Å². The van der Waals surface area contributed by atoms with Crippen LogP contribution in [0.15, 0.2) is 18.2 Å². The van der Waals surface area contributed by atoms with Crippen LogP contribution in [0.1, 0.15) is 48.0 Å². The van der Waals surface area contributed by atoms with E-state index >= 15 is 0 Å². The van der Waals surface area contributed by atoms with Crippen LogP contribution in [0.3, 0.4) is 0 Å². The fourth-order valence-corrected chi connectivity index (χ4v) is 3.72. The molecule has 7 heteroatoms. The van der Waals surface area contributed by atoms with Crippen LogP contribution in [0.5, 0.6) is 0 Å². The summed E-state index contributed by atoms with van der Waals surface area (Å²) in [7, 11) is 1.90. The number of fused-ring (bicyclic) bond motifs is 1. The zero-order valence-electron chi connectivity index (χ0n) is 15.2. The number of likely N-dealkylation sites (tertiary alicyclic amines) is 1. The summed E-state index contributed by atoms with van der Waals surface area (Å²) in [6, 6.07) is 4.68. The van der Waals surface area contributed by atoms with Crippen molar-refractivity contribution in [3.8, 4) is 0 Å². The number of piperidine rings is 1. The number of nitrogens with one attached hydrogen (secondary N) is 1. The highest BCUT2D eigenvalue weighted by Crippen LogP contribution is 2.32. The molecule has 0 spiro atoms. The van der Waals surface area contributed by atoms with Crippen LogP contribution in [-0.2, 0) is 16.1 Å². The maximum absolute atomic E-state index is 12.9. The zero-order chi connectivity index (χ0) is 18.7. The molecule has 2 aliphatic rings. The Kier molecular flexibility index (Phi) is 5.56. The van der Waals surface area contributed by atoms with E-state index in [2.05, 4.69) is 5.32 Å². The van der Waals surface area contributed by atoms with Gasteiger partial charge in [-0.3, -0.25) is 19.3 Å². The minimum Gasteiger partial charge on any atom is -0.398 e. The molecular formula is C19H26N4O3. The first kappa shape index (κ1) is 18.4. The number of carbonyl (C=O) groups excluding carboxylic acids is 3. The highest BCUT2D eigenvalue weighted by Gasteiger charge is 2.42. The number of amides is 3. The number of benzene rings is 1. The lowest BCUT2D eigenvalue weighted by molar-refractivity contribution is -0.152. The third-order valence-electron chi connectivity index (χ3n) is 5.20. The molecule has 0 aromatic heterocycles. The molecule has 140 valence electrons. The van der Waals surface area contributed by atoms with E-state index < -0.39 is 6.04 Å². The number of hydrogen-bond acceptors (Lipinski definition) is 5. The second-order valence-corrected chi connectivity index (χ2v) is 6.91. The predicted octanol–water partition coefficient (Wildman–Crippen LogP) is 1.13. The third kappa shape index (κ3) is 3.44. The lowest BCUT2D eigenvalue weighted by Crippen LogP contribution is -2.54. The highest BCUT2D eigenvalue weighted by molar-refractivity contribution is 6.06. The normalized spacial score (nSPS) is 20.0. The molecule has 1 saturated heterocycles. The first-order chi connectivity index (χ1) is 12.5. The lowest BCUT2D eigenvalue weighted by Gasteiger charge is -2.35. The lowest BCUT2D eigenvalue weighted by atomic mass is 10.0. The van der Waals surface area contributed by atoms with Crippen molar-refractivity contribution in [1.29, 1.82) is 0 Å². The molecule has 2 aliphatic heterocycles. The second-order valence-electron chi connectivity index (χ2n) is 6.91. The molecular weight excluding hydrogens is 332 g/mol. The summed E-state index contributed by atoms with van der Waals surface area (Å²) in [4.78, 5) is 40.7. The van der Waals surface area contributed by atoms with E-state index in [9.17, 15) is 14.4 Å². The van der Waals surface area contributed by atoms with Gasteiger partial charge in [-0.15, -0.1) is 0 Å². The molecule has 0 radical (unpaired) electrons. The Morgan fingerprint density at radius 3 is 2.73 bits per heavy atom. The van der Waals surface area contributed by atoms with Crippen molar-refractivity contribution >= 4 is 23.4 Å². The molecule has 0 aliphatic carbocycles. The highest BCUT2D eigenvalue weighted by atomic mass is 16.2. The van der Waals surface area contributed by atoms with Crippen LogP contribution in [-0.4, -0.2) is 53.7 Å². The van der Waals surface area contributed by atoms with Gasteiger partial charge in [0.25, 0.3) is 11.8 Å². The Labute approximate surface area is 153 Å². The van der Waals surface area contributed by atoms with Gasteiger partial charge in [-0.2, -0.15) is 0 Å². The predicted molar refractivity (Wildman–Crippen MR) is 98.2 cm³/mol. The van der Waals surface area contributed by atoms with Gasteiger partial charge < -0.3 is 16.0 Å². The maximum atomic E-state index is 12.9. The smallest absolute Gasteiger partial charge is 0.255 e. The quantitative estimate of drug-likeness (QED) is 0.433. The Balaban J connectivity index is 1.67. The number of nitrogens with two attached hydrogens (primary N) is 1. The second kappa shape index (κ2) is 7.86. The van der Waals surface area contributed by atoms with Crippen molar-refractivity contribution in [1.82, 2.24) is 15.1 Å². The minimum atomic E-state index is -0.579. The van der Waals surface area contributed by atoms with Crippen LogP contribution < -0.4 is 11.1 Å². The van der Waals surface area contributed by atoms with E-state index in [1.807, 2.05) is 7.05 Å². The minimum absolute atomic E-state index is 0.136. The molecule has 1 unspecified atom stereocenters. The van der Waals surface area contributed by atoms with Gasteiger partial charge in [0.2, 0.25) is 5.91 Å². The van der Waals surface area contributed by atoms with Crippen LogP contribution in [0.4, 0.5) is 5.69 Å². The molecule has 2 heterocycles. The van der Waals surface area contributed by atoms with Gasteiger partial charge in [0, 0.05) is 36.3 Å². The van der Waals surface area contributed by atoms with E-state index in [-0.39, 0.29) is 17.7 Å². The third-order valence-corrected chi connectivity index (χ3v) is 5.20. The van der Waals surface area contributed by atoms with Crippen LogP contribution in [0.25, 0.3) is 0 Å². The average Bonchev–Trinajstić information content (AvgIpc) is 2.96. The molecule has 26 heavy (non-hydrogen) atoms. The molecule has 3 amide bonds. The van der Waals surface area contributed by atoms with E-state index in [0.29, 0.717) is 37.2 Å². The Morgan fingerprint density at radius 1 is 1.19 bits per heavy atom. The summed E-state index contributed by atoms with van der Waals surface area (Å²) in [6.07, 6.45) is 3.42. The topological polar surface area (TPSA) is 95.7 Å². The summed E-state index contributed by atoms with van der Waals surface area (Å²) in [5.74, 6) is -0.563. The number of carbonyl (C=O) groups is 3. The van der Waals surface area contributed by atoms with E-state index in [1.165, 1.54) is 4.90 Å². The summed E-state index contributed by atoms with van der Waals surface area (Å²) in [6.45, 7) is 1.68. The van der Waals surface area contributed by atoms with E-state index in [0.717, 1.165) is 31.4 Å². The first-order valence-corrected chi connectivity index (χ1v) is 9.21.